The Hall–Kier alpha value is -20.0. The molecular weight excluding hydrogens is 1980 g/mol. The Kier molecular flexibility index (Phi) is 37.3. The number of para-hydroxylation sites is 5. The zero-order chi connectivity index (χ0) is 107. The van der Waals surface area contributed by atoms with Gasteiger partial charge in [-0.2, -0.15) is 0 Å². The first-order chi connectivity index (χ1) is 70.8. The van der Waals surface area contributed by atoms with Crippen molar-refractivity contribution in [2.24, 2.45) is 0 Å². The second kappa shape index (κ2) is 50.9. The van der Waals surface area contributed by atoms with Crippen LogP contribution < -0.4 is 62.6 Å². The summed E-state index contributed by atoms with van der Waals surface area (Å²) in [4.78, 5) is 183. The van der Waals surface area contributed by atoms with Crippen LogP contribution in [0.4, 0.5) is 87.6 Å². The number of amides is 10. The van der Waals surface area contributed by atoms with Crippen LogP contribution in [-0.4, -0.2) is 129 Å². The number of anilines is 10. The van der Waals surface area contributed by atoms with Crippen molar-refractivity contribution in [1.82, 2.24) is 0 Å². The van der Waals surface area contributed by atoms with E-state index in [9.17, 15) is 123 Å². The topological polar surface area (TPSA) is 496 Å². The van der Waals surface area contributed by atoms with Gasteiger partial charge < -0.3 is 88.2 Å². The molecule has 41 heteroatoms. The molecule has 0 atom stereocenters. The molecule has 0 bridgehead atoms. The quantitative estimate of drug-likeness (QED) is 0.0213. The number of carboxylic acid groups (broad SMARTS) is 5. The van der Waals surface area contributed by atoms with Crippen LogP contribution >= 0.6 is 23.2 Å². The van der Waals surface area contributed by atoms with Gasteiger partial charge in [-0.3, -0.25) is 47.9 Å². The largest absolute Gasteiger partial charge is 0.497 e. The van der Waals surface area contributed by atoms with E-state index < -0.39 is 141 Å². The predicted molar refractivity (Wildman–Crippen MR) is 534 cm³/mol. The van der Waals surface area contributed by atoms with Gasteiger partial charge in [0.25, 0.3) is 59.1 Å². The lowest BCUT2D eigenvalue weighted by atomic mass is 10.1. The molecule has 15 aromatic rings. The normalized spacial score (nSPS) is 10.3. The van der Waals surface area contributed by atoms with Crippen molar-refractivity contribution in [3.05, 3.63) is 462 Å². The Balaban J connectivity index is 0.000000176. The zero-order valence-corrected chi connectivity index (χ0v) is 77.8. The highest BCUT2D eigenvalue weighted by atomic mass is 35.5. The molecule has 15 N–H and O–H groups in total. The van der Waals surface area contributed by atoms with E-state index in [1.54, 1.807) is 48.5 Å². The number of aromatic carboxylic acids is 5. The van der Waals surface area contributed by atoms with Crippen LogP contribution in [0.3, 0.4) is 0 Å². The van der Waals surface area contributed by atoms with Gasteiger partial charge in [0, 0.05) is 22.2 Å². The molecule has 0 heterocycles. The molecule has 0 aliphatic carbocycles. The maximum Gasteiger partial charge on any atom is 0.337 e. The summed E-state index contributed by atoms with van der Waals surface area (Å²) in [6.07, 6.45) is 0. The van der Waals surface area contributed by atoms with Crippen molar-refractivity contribution in [3.63, 3.8) is 0 Å². The molecule has 0 aliphatic heterocycles. The summed E-state index contributed by atoms with van der Waals surface area (Å²) in [6.45, 7) is 0. The van der Waals surface area contributed by atoms with E-state index >= 15 is 0 Å². The van der Waals surface area contributed by atoms with Gasteiger partial charge in [-0.1, -0.05) is 145 Å². The highest BCUT2D eigenvalue weighted by Gasteiger charge is 2.28. The molecule has 0 aliphatic rings. The number of methoxy groups -OCH3 is 2. The van der Waals surface area contributed by atoms with Crippen molar-refractivity contribution in [1.29, 1.82) is 0 Å². The lowest BCUT2D eigenvalue weighted by Crippen LogP contribution is -2.20. The number of halogens is 9. The standard InChI is InChI=1S/2C22H17FN2O5.2C21H14ClFN2O4.C21H13F3N2O4/c1-30-13-10-11-19(16(12-13)22(28)29)25-21(27)15-7-3-5-9-18(15)24-20(26)14-6-2-4-8-17(14)23;1-30-13-10-11-16(22(28)29)19(12-13)25-21(27)15-7-3-5-9-18(15)24-20(26)14-6-2-4-8-17(14)23;22-12-9-10-18(15(11-12)21(28)29)25-20(27)14-6-2-4-8-17(14)24-19(26)13-5-1-3-7-16(13)23;22-12-9-10-15(21(28)29)18(11-12)25-20(27)14-6-2-4-8-17(14)24-19(26)13-5-1-3-7-16(13)23;22-14-7-3-1-5-11(14)19(27)25-17-8-4-2-6-12(17)20(28)26-18-10-16(24)15(23)9-13(18)21(29)30/h2*2-12H,1H3,(H,24,26)(H,25,27)(H,28,29);2*1-11H,(H,24,26)(H,25,27)(H,28,29);1-10H,(H,25,27)(H,26,28)(H,29,30). The summed E-state index contributed by atoms with van der Waals surface area (Å²) in [5.74, 6) is -19.4. The van der Waals surface area contributed by atoms with Crippen molar-refractivity contribution in [3.8, 4) is 11.5 Å². The van der Waals surface area contributed by atoms with E-state index in [1.807, 2.05) is 0 Å². The van der Waals surface area contributed by atoms with Crippen molar-refractivity contribution < 1.29 is 138 Å². The minimum atomic E-state index is -1.58. The molecule has 0 saturated carbocycles. The number of nitrogens with one attached hydrogen (secondary N) is 10. The molecule has 0 unspecified atom stereocenters. The first-order valence-electron chi connectivity index (χ1n) is 42.7. The molecule has 0 fully saturated rings. The van der Waals surface area contributed by atoms with E-state index in [2.05, 4.69) is 53.2 Å². The van der Waals surface area contributed by atoms with Gasteiger partial charge in [-0.05, 0) is 194 Å². The van der Waals surface area contributed by atoms with E-state index in [0.717, 1.165) is 30.3 Å². The smallest absolute Gasteiger partial charge is 0.337 e. The molecule has 32 nitrogen and oxygen atoms in total. The minimum absolute atomic E-state index is 0.00251. The number of benzene rings is 15. The van der Waals surface area contributed by atoms with E-state index in [4.69, 9.17) is 37.8 Å². The van der Waals surface area contributed by atoms with Crippen LogP contribution in [0, 0.1) is 40.7 Å². The monoisotopic (exact) mass is 2050 g/mol. The summed E-state index contributed by atoms with van der Waals surface area (Å²) >= 11 is 11.7. The molecule has 0 aromatic heterocycles. The van der Waals surface area contributed by atoms with Gasteiger partial charge >= 0.3 is 29.8 Å². The Morgan fingerprint density at radius 1 is 0.182 bits per heavy atom. The van der Waals surface area contributed by atoms with Crippen LogP contribution in [0.2, 0.25) is 10.0 Å². The maximum absolute atomic E-state index is 13.9. The Labute approximate surface area is 842 Å². The second-order valence-electron chi connectivity index (χ2n) is 30.2. The van der Waals surface area contributed by atoms with E-state index in [1.165, 1.54) is 251 Å². The number of carbonyl (C=O) groups is 15. The van der Waals surface area contributed by atoms with Gasteiger partial charge in [-0.15, -0.1) is 0 Å². The van der Waals surface area contributed by atoms with Crippen molar-refractivity contribution in [2.45, 2.75) is 0 Å². The van der Waals surface area contributed by atoms with Crippen molar-refractivity contribution >= 4 is 169 Å². The highest BCUT2D eigenvalue weighted by Crippen LogP contribution is 2.33. The molecule has 748 valence electrons. The van der Waals surface area contributed by atoms with Gasteiger partial charge in [0.05, 0.1) is 155 Å². The van der Waals surface area contributed by atoms with Gasteiger partial charge in [-0.25, -0.2) is 54.7 Å². The van der Waals surface area contributed by atoms with Crippen LogP contribution in [0.5, 0.6) is 11.5 Å². The number of carbonyl (C=O) groups excluding carboxylic acids is 10. The van der Waals surface area contributed by atoms with E-state index in [-0.39, 0.29) is 139 Å². The fourth-order valence-electron chi connectivity index (χ4n) is 13.4. The summed E-state index contributed by atoms with van der Waals surface area (Å²) < 4.78 is 106. The Morgan fingerprint density at radius 3 is 0.655 bits per heavy atom. The van der Waals surface area contributed by atoms with Gasteiger partial charge in [0.1, 0.15) is 40.6 Å². The number of hydrogen-bond acceptors (Lipinski definition) is 17. The van der Waals surface area contributed by atoms with E-state index in [0.29, 0.717) is 23.6 Å². The molecule has 148 heavy (non-hydrogen) atoms. The third kappa shape index (κ3) is 28.7. The predicted octanol–water partition coefficient (Wildman–Crippen LogP) is 21.7. The van der Waals surface area contributed by atoms with Crippen LogP contribution in [0.25, 0.3) is 0 Å². The molecule has 0 saturated heterocycles. The molecule has 0 radical (unpaired) electrons. The maximum atomic E-state index is 13.9. The summed E-state index contributed by atoms with van der Waals surface area (Å²) in [5.41, 5.74) is -1.79. The lowest BCUT2D eigenvalue weighted by molar-refractivity contribution is 0.0686. The molecule has 0 spiro atoms. The molecular formula is C107H75Cl2F7N10O22. The van der Waals surface area contributed by atoms with Crippen molar-refractivity contribution in [2.75, 3.05) is 67.4 Å². The number of carboxylic acids is 5. The average molecular weight is 2060 g/mol. The third-order valence-corrected chi connectivity index (χ3v) is 21.0. The number of ether oxygens (including phenoxy) is 2. The zero-order valence-electron chi connectivity index (χ0n) is 76.3. The lowest BCUT2D eigenvalue weighted by Gasteiger charge is -2.13. The van der Waals surface area contributed by atoms with Crippen LogP contribution in [-0.2, 0) is 0 Å². The van der Waals surface area contributed by atoms with Gasteiger partial charge in [0.2, 0.25) is 0 Å². The molecule has 10 amide bonds. The third-order valence-electron chi connectivity index (χ3n) is 20.6. The van der Waals surface area contributed by atoms with Crippen LogP contribution in [0.1, 0.15) is 155 Å². The fourth-order valence-corrected chi connectivity index (χ4v) is 13.7. The number of hydrogen-bond donors (Lipinski definition) is 15. The first kappa shape index (κ1) is 108. The second-order valence-corrected chi connectivity index (χ2v) is 31.1. The molecule has 15 aromatic carbocycles. The Bertz CT molecular complexity index is 7740. The summed E-state index contributed by atoms with van der Waals surface area (Å²) in [6, 6.07) is 74.4. The number of rotatable bonds is 27. The van der Waals surface area contributed by atoms with Gasteiger partial charge in [0.15, 0.2) is 11.6 Å². The summed E-state index contributed by atoms with van der Waals surface area (Å²) in [7, 11) is 2.81. The summed E-state index contributed by atoms with van der Waals surface area (Å²) in [5, 5.41) is 71.6. The molecule has 15 rings (SSSR count). The minimum Gasteiger partial charge on any atom is -0.497 e. The Morgan fingerprint density at radius 2 is 0.372 bits per heavy atom. The average Bonchev–Trinajstić information content (AvgIpc) is 0.825. The first-order valence-corrected chi connectivity index (χ1v) is 43.5. The van der Waals surface area contributed by atoms with Crippen LogP contribution in [0.15, 0.2) is 328 Å². The highest BCUT2D eigenvalue weighted by molar-refractivity contribution is 6.32. The fraction of sp³-hybridized carbons (Fsp3) is 0.0187. The SMILES string of the molecule is COc1ccc(C(=O)O)c(NC(=O)c2ccccc2NC(=O)c2ccccc2F)c1.COc1ccc(NC(=O)c2ccccc2NC(=O)c2ccccc2F)c(C(=O)O)c1.O=C(Nc1ccccc1C(=O)Nc1cc(Cl)ccc1C(=O)O)c1ccccc1F.O=C(Nc1ccccc1C(=O)Nc1cc(F)c(F)cc1C(=O)O)c1ccccc1F.O=C(Nc1ccccc1C(=O)Nc1ccc(Cl)cc1C(=O)O)c1ccccc1F.